The topological polar surface area (TPSA) is 63.6 Å². The van der Waals surface area contributed by atoms with E-state index in [1.54, 1.807) is 6.07 Å². The summed E-state index contributed by atoms with van der Waals surface area (Å²) in [6.45, 7) is 0. The molecule has 9 heteroatoms. The molecule has 3 rings (SSSR count). The maximum absolute atomic E-state index is 12.7. The van der Waals surface area contributed by atoms with Crippen LogP contribution in [-0.2, 0) is 6.18 Å². The van der Waals surface area contributed by atoms with Crippen LogP contribution in [0.2, 0.25) is 5.15 Å². The van der Waals surface area contributed by atoms with E-state index in [1.165, 1.54) is 18.2 Å². The van der Waals surface area contributed by atoms with Gasteiger partial charge in [0, 0.05) is 5.69 Å². The first-order valence-electron chi connectivity index (χ1n) is 6.03. The first-order valence-corrected chi connectivity index (χ1v) is 6.41. The maximum atomic E-state index is 12.7. The Hall–Kier alpha value is -2.48. The molecule has 5 nitrogen and oxygen atoms in total. The highest BCUT2D eigenvalue weighted by Crippen LogP contribution is 2.31. The lowest BCUT2D eigenvalue weighted by molar-refractivity contribution is -0.137. The predicted molar refractivity (Wildman–Crippen MR) is 74.9 cm³/mol. The van der Waals surface area contributed by atoms with Crippen molar-refractivity contribution in [1.82, 2.24) is 20.4 Å². The van der Waals surface area contributed by atoms with E-state index in [4.69, 9.17) is 11.6 Å². The third-order valence-electron chi connectivity index (χ3n) is 2.81. The molecule has 0 radical (unpaired) electrons. The molecule has 0 unspecified atom stereocenters. The fourth-order valence-electron chi connectivity index (χ4n) is 1.84. The summed E-state index contributed by atoms with van der Waals surface area (Å²) in [5, 5.41) is 14.1. The van der Waals surface area contributed by atoms with E-state index in [9.17, 15) is 13.2 Å². The van der Waals surface area contributed by atoms with Crippen LogP contribution in [0, 0.1) is 0 Å². The summed E-state index contributed by atoms with van der Waals surface area (Å²) in [7, 11) is 0. The van der Waals surface area contributed by atoms with Crippen LogP contribution < -0.4 is 5.32 Å². The van der Waals surface area contributed by atoms with Gasteiger partial charge in [-0.1, -0.05) is 17.7 Å². The molecule has 0 amide bonds. The summed E-state index contributed by atoms with van der Waals surface area (Å²) in [6.07, 6.45) is -4.43. The summed E-state index contributed by atoms with van der Waals surface area (Å²) < 4.78 is 38.2. The van der Waals surface area contributed by atoms with Gasteiger partial charge in [-0.25, -0.2) is 4.98 Å². The van der Waals surface area contributed by atoms with Crippen molar-refractivity contribution in [2.75, 3.05) is 5.32 Å². The number of hydrogen-bond donors (Lipinski definition) is 1. The minimum atomic E-state index is -4.43. The molecule has 0 spiro atoms. The first kappa shape index (κ1) is 14.5. The predicted octanol–water partition coefficient (Wildman–Crippen LogP) is 3.84. The molecule has 2 aromatic heterocycles. The molecule has 22 heavy (non-hydrogen) atoms. The normalized spacial score (nSPS) is 11.6. The Morgan fingerprint density at radius 2 is 1.86 bits per heavy atom. The quantitative estimate of drug-likeness (QED) is 0.725. The molecule has 0 aliphatic rings. The number of pyridine rings is 1. The van der Waals surface area contributed by atoms with Crippen LogP contribution >= 0.6 is 11.6 Å². The number of hydrogen-bond acceptors (Lipinski definition) is 5. The zero-order chi connectivity index (χ0) is 15.7. The minimum Gasteiger partial charge on any atom is -0.337 e. The van der Waals surface area contributed by atoms with Gasteiger partial charge in [-0.05, 0) is 35.5 Å². The fourth-order valence-corrected chi connectivity index (χ4v) is 1.99. The van der Waals surface area contributed by atoms with E-state index in [-0.39, 0.29) is 16.7 Å². The van der Waals surface area contributed by atoms with Gasteiger partial charge in [0.1, 0.15) is 16.2 Å². The van der Waals surface area contributed by atoms with E-state index < -0.39 is 11.7 Å². The number of alkyl halides is 3. The summed E-state index contributed by atoms with van der Waals surface area (Å²) in [6, 6.07) is 7.86. The first-order chi connectivity index (χ1) is 10.4. The standard InChI is InChI=1S/C13H7ClF3N5/c14-10-5-4-9-11(19-10)12(21-22-20-9)18-8-3-1-2-7(6-8)13(15,16)17/h1-6H,(H,18,20,21). The SMILES string of the molecule is FC(F)(F)c1cccc(Nc2nnnc3ccc(Cl)nc23)c1. The number of aromatic nitrogens is 4. The zero-order valence-electron chi connectivity index (χ0n) is 10.8. The summed E-state index contributed by atoms with van der Waals surface area (Å²) >= 11 is 5.82. The Kier molecular flexibility index (Phi) is 3.53. The molecule has 0 saturated heterocycles. The molecular weight excluding hydrogens is 319 g/mol. The second-order valence-electron chi connectivity index (χ2n) is 4.34. The Bertz CT molecular complexity index is 837. The van der Waals surface area contributed by atoms with Crippen LogP contribution in [0.25, 0.3) is 11.0 Å². The largest absolute Gasteiger partial charge is 0.416 e. The van der Waals surface area contributed by atoms with Crippen molar-refractivity contribution in [3.63, 3.8) is 0 Å². The highest BCUT2D eigenvalue weighted by atomic mass is 35.5. The fraction of sp³-hybridized carbons (Fsp3) is 0.0769. The van der Waals surface area contributed by atoms with Crippen molar-refractivity contribution in [1.29, 1.82) is 0 Å². The van der Waals surface area contributed by atoms with E-state index >= 15 is 0 Å². The monoisotopic (exact) mass is 325 g/mol. The number of fused-ring (bicyclic) bond motifs is 1. The zero-order valence-corrected chi connectivity index (χ0v) is 11.5. The van der Waals surface area contributed by atoms with Crippen LogP contribution in [-0.4, -0.2) is 20.4 Å². The molecular formula is C13H7ClF3N5. The average molecular weight is 326 g/mol. The van der Waals surface area contributed by atoms with Crippen molar-refractivity contribution >= 4 is 34.1 Å². The third-order valence-corrected chi connectivity index (χ3v) is 3.02. The van der Waals surface area contributed by atoms with Crippen molar-refractivity contribution in [2.24, 2.45) is 0 Å². The maximum Gasteiger partial charge on any atom is 0.416 e. The molecule has 0 saturated carbocycles. The van der Waals surface area contributed by atoms with Gasteiger partial charge in [0.25, 0.3) is 0 Å². The summed E-state index contributed by atoms with van der Waals surface area (Å²) in [4.78, 5) is 4.06. The van der Waals surface area contributed by atoms with Crippen LogP contribution in [0.4, 0.5) is 24.7 Å². The van der Waals surface area contributed by atoms with Gasteiger partial charge < -0.3 is 5.32 Å². The van der Waals surface area contributed by atoms with Gasteiger partial charge in [0.15, 0.2) is 5.82 Å². The molecule has 0 atom stereocenters. The number of anilines is 2. The van der Waals surface area contributed by atoms with Gasteiger partial charge in [-0.2, -0.15) is 13.2 Å². The van der Waals surface area contributed by atoms with Gasteiger partial charge in [0.05, 0.1) is 5.56 Å². The van der Waals surface area contributed by atoms with Gasteiger partial charge in [-0.15, -0.1) is 10.2 Å². The smallest absolute Gasteiger partial charge is 0.337 e. The number of nitrogens with zero attached hydrogens (tertiary/aromatic N) is 4. The summed E-state index contributed by atoms with van der Waals surface area (Å²) in [5.74, 6) is 0.173. The van der Waals surface area contributed by atoms with Gasteiger partial charge >= 0.3 is 6.18 Å². The van der Waals surface area contributed by atoms with Crippen LogP contribution in [0.5, 0.6) is 0 Å². The highest BCUT2D eigenvalue weighted by Gasteiger charge is 2.30. The van der Waals surface area contributed by atoms with Crippen molar-refractivity contribution in [3.05, 3.63) is 47.1 Å². The highest BCUT2D eigenvalue weighted by molar-refractivity contribution is 6.29. The van der Waals surface area contributed by atoms with E-state index in [0.717, 1.165) is 12.1 Å². The molecule has 2 heterocycles. The lowest BCUT2D eigenvalue weighted by Gasteiger charge is -2.10. The Morgan fingerprint density at radius 1 is 1.05 bits per heavy atom. The van der Waals surface area contributed by atoms with Gasteiger partial charge in [-0.3, -0.25) is 0 Å². The lowest BCUT2D eigenvalue weighted by atomic mass is 10.2. The molecule has 0 bridgehead atoms. The molecule has 0 aliphatic carbocycles. The van der Waals surface area contributed by atoms with Crippen LogP contribution in [0.3, 0.4) is 0 Å². The number of nitrogens with one attached hydrogen (secondary N) is 1. The van der Waals surface area contributed by atoms with Crippen molar-refractivity contribution < 1.29 is 13.2 Å². The molecule has 0 aliphatic heterocycles. The molecule has 1 N–H and O–H groups in total. The Labute approximate surface area is 127 Å². The van der Waals surface area contributed by atoms with Gasteiger partial charge in [0.2, 0.25) is 0 Å². The molecule has 0 fully saturated rings. The molecule has 3 aromatic rings. The van der Waals surface area contributed by atoms with Crippen LogP contribution in [0.1, 0.15) is 5.56 Å². The Balaban J connectivity index is 2.02. The van der Waals surface area contributed by atoms with Crippen molar-refractivity contribution in [2.45, 2.75) is 6.18 Å². The molecule has 1 aromatic carbocycles. The second kappa shape index (κ2) is 5.38. The van der Waals surface area contributed by atoms with E-state index in [2.05, 4.69) is 25.7 Å². The average Bonchev–Trinajstić information content (AvgIpc) is 2.47. The Morgan fingerprint density at radius 3 is 2.64 bits per heavy atom. The van der Waals surface area contributed by atoms with Crippen molar-refractivity contribution in [3.8, 4) is 0 Å². The molecule has 112 valence electrons. The lowest BCUT2D eigenvalue weighted by Crippen LogP contribution is -2.06. The second-order valence-corrected chi connectivity index (χ2v) is 4.73. The summed E-state index contributed by atoms with van der Waals surface area (Å²) in [5.41, 5.74) is 0.182. The number of rotatable bonds is 2. The van der Waals surface area contributed by atoms with Crippen LogP contribution in [0.15, 0.2) is 36.4 Å². The minimum absolute atomic E-state index is 0.173. The number of benzene rings is 1. The third kappa shape index (κ3) is 2.91. The van der Waals surface area contributed by atoms with E-state index in [0.29, 0.717) is 11.0 Å². The van der Waals surface area contributed by atoms with E-state index in [1.807, 2.05) is 0 Å². The number of halogens is 4.